The van der Waals surface area contributed by atoms with Gasteiger partial charge in [-0.1, -0.05) is 43.4 Å². The van der Waals surface area contributed by atoms with Crippen LogP contribution in [0, 0.1) is 0 Å². The number of oxazole rings is 1. The molecule has 1 saturated carbocycles. The number of imide groups is 1. The summed E-state index contributed by atoms with van der Waals surface area (Å²) in [6, 6.07) is 6.84. The Morgan fingerprint density at radius 3 is 2.69 bits per heavy atom. The lowest BCUT2D eigenvalue weighted by atomic mass is 9.90. The SMILES string of the molecule is O=C1NC2(CCCCCC2)C(=O)N1Cc1coc(-c2cccc(Cl)c2)n1. The fraction of sp³-hybridized carbons (Fsp3) is 0.421. The Morgan fingerprint density at radius 1 is 1.19 bits per heavy atom. The molecule has 4 rings (SSSR count). The van der Waals surface area contributed by atoms with E-state index >= 15 is 0 Å². The third kappa shape index (κ3) is 3.09. The minimum absolute atomic E-state index is 0.108. The number of nitrogens with one attached hydrogen (secondary N) is 1. The predicted octanol–water partition coefficient (Wildman–Crippen LogP) is 4.14. The van der Waals surface area contributed by atoms with Crippen LogP contribution in [0.1, 0.15) is 44.2 Å². The minimum atomic E-state index is -0.729. The fourth-order valence-corrected chi connectivity index (χ4v) is 3.98. The van der Waals surface area contributed by atoms with Crippen molar-refractivity contribution >= 4 is 23.5 Å². The van der Waals surface area contributed by atoms with Crippen LogP contribution in [0.2, 0.25) is 5.02 Å². The molecule has 1 aliphatic carbocycles. The molecule has 1 spiro atoms. The molecule has 26 heavy (non-hydrogen) atoms. The van der Waals surface area contributed by atoms with Crippen molar-refractivity contribution in [3.63, 3.8) is 0 Å². The highest BCUT2D eigenvalue weighted by Gasteiger charge is 2.50. The lowest BCUT2D eigenvalue weighted by molar-refractivity contribution is -0.132. The highest BCUT2D eigenvalue weighted by molar-refractivity contribution is 6.30. The molecule has 1 aliphatic heterocycles. The van der Waals surface area contributed by atoms with Crippen molar-refractivity contribution in [1.82, 2.24) is 15.2 Å². The van der Waals surface area contributed by atoms with E-state index in [0.717, 1.165) is 31.2 Å². The van der Waals surface area contributed by atoms with Crippen molar-refractivity contribution in [3.8, 4) is 11.5 Å². The molecule has 2 aromatic rings. The van der Waals surface area contributed by atoms with E-state index < -0.39 is 5.54 Å². The molecule has 1 aromatic carbocycles. The summed E-state index contributed by atoms with van der Waals surface area (Å²) in [5.74, 6) is 0.274. The van der Waals surface area contributed by atoms with Gasteiger partial charge in [-0.2, -0.15) is 0 Å². The number of amides is 3. The van der Waals surface area contributed by atoms with E-state index in [-0.39, 0.29) is 18.5 Å². The molecule has 1 N–H and O–H groups in total. The molecule has 2 heterocycles. The van der Waals surface area contributed by atoms with Crippen molar-refractivity contribution in [2.24, 2.45) is 0 Å². The number of halogens is 1. The van der Waals surface area contributed by atoms with Crippen molar-refractivity contribution in [2.45, 2.75) is 50.6 Å². The first-order valence-corrected chi connectivity index (χ1v) is 9.30. The summed E-state index contributed by atoms with van der Waals surface area (Å²) >= 11 is 6.00. The number of aromatic nitrogens is 1. The summed E-state index contributed by atoms with van der Waals surface area (Å²) in [5, 5.41) is 3.53. The van der Waals surface area contributed by atoms with Crippen LogP contribution in [0.5, 0.6) is 0 Å². The van der Waals surface area contributed by atoms with E-state index in [9.17, 15) is 9.59 Å². The van der Waals surface area contributed by atoms with Crippen LogP contribution >= 0.6 is 11.6 Å². The quantitative estimate of drug-likeness (QED) is 0.820. The van der Waals surface area contributed by atoms with Crippen LogP contribution in [-0.4, -0.2) is 27.4 Å². The molecule has 0 bridgehead atoms. The largest absolute Gasteiger partial charge is 0.444 e. The second-order valence-corrected chi connectivity index (χ2v) is 7.41. The topological polar surface area (TPSA) is 75.4 Å². The maximum absolute atomic E-state index is 12.9. The molecule has 6 nitrogen and oxygen atoms in total. The van der Waals surface area contributed by atoms with Crippen molar-refractivity contribution in [3.05, 3.63) is 41.2 Å². The zero-order valence-corrected chi connectivity index (χ0v) is 15.1. The van der Waals surface area contributed by atoms with Crippen LogP contribution in [-0.2, 0) is 11.3 Å². The standard InChI is InChI=1S/C19H20ClN3O3/c20-14-7-5-6-13(10-14)16-21-15(12-26-16)11-23-17(24)19(22-18(23)25)8-3-1-2-4-9-19/h5-7,10,12H,1-4,8-9,11H2,(H,22,25). The van der Waals surface area contributed by atoms with E-state index in [1.807, 2.05) is 12.1 Å². The Hall–Kier alpha value is -2.34. The Kier molecular flexibility index (Phi) is 4.44. The normalized spacial score (nSPS) is 19.7. The molecule has 2 fully saturated rings. The monoisotopic (exact) mass is 373 g/mol. The van der Waals surface area contributed by atoms with Crippen LogP contribution in [0.15, 0.2) is 34.9 Å². The summed E-state index contributed by atoms with van der Waals surface area (Å²) < 4.78 is 5.50. The zero-order chi connectivity index (χ0) is 18.1. The molecule has 3 amide bonds. The Balaban J connectivity index is 1.52. The molecular weight excluding hydrogens is 354 g/mol. The molecule has 1 aromatic heterocycles. The van der Waals surface area contributed by atoms with Gasteiger partial charge in [0.05, 0.1) is 12.2 Å². The van der Waals surface area contributed by atoms with Gasteiger partial charge in [-0.15, -0.1) is 0 Å². The van der Waals surface area contributed by atoms with E-state index in [0.29, 0.717) is 29.4 Å². The van der Waals surface area contributed by atoms with Gasteiger partial charge in [-0.05, 0) is 31.0 Å². The second-order valence-electron chi connectivity index (χ2n) is 6.97. The van der Waals surface area contributed by atoms with Crippen molar-refractivity contribution in [1.29, 1.82) is 0 Å². The number of carbonyl (C=O) groups excluding carboxylic acids is 2. The summed E-state index contributed by atoms with van der Waals surface area (Å²) in [6.07, 6.45) is 7.04. The molecule has 136 valence electrons. The van der Waals surface area contributed by atoms with Gasteiger partial charge in [-0.25, -0.2) is 9.78 Å². The van der Waals surface area contributed by atoms with E-state index in [1.54, 1.807) is 12.1 Å². The lowest BCUT2D eigenvalue weighted by Gasteiger charge is -2.24. The van der Waals surface area contributed by atoms with Crippen LogP contribution in [0.4, 0.5) is 4.79 Å². The minimum Gasteiger partial charge on any atom is -0.444 e. The van der Waals surface area contributed by atoms with Gasteiger partial charge in [0.2, 0.25) is 5.89 Å². The van der Waals surface area contributed by atoms with Gasteiger partial charge in [0.25, 0.3) is 5.91 Å². The molecule has 7 heteroatoms. The van der Waals surface area contributed by atoms with Gasteiger partial charge < -0.3 is 9.73 Å². The molecule has 0 unspecified atom stereocenters. The summed E-state index contributed by atoms with van der Waals surface area (Å²) in [5.41, 5.74) is 0.558. The maximum Gasteiger partial charge on any atom is 0.325 e. The maximum atomic E-state index is 12.9. The number of urea groups is 1. The fourth-order valence-electron chi connectivity index (χ4n) is 3.79. The average molecular weight is 374 g/mol. The number of rotatable bonds is 3. The average Bonchev–Trinajstić information content (AvgIpc) is 3.08. The molecule has 2 aliphatic rings. The van der Waals surface area contributed by atoms with E-state index in [2.05, 4.69) is 10.3 Å². The van der Waals surface area contributed by atoms with E-state index in [1.165, 1.54) is 11.2 Å². The summed E-state index contributed by atoms with van der Waals surface area (Å²) in [4.78, 5) is 31.0. The Morgan fingerprint density at radius 2 is 1.96 bits per heavy atom. The summed E-state index contributed by atoms with van der Waals surface area (Å²) in [7, 11) is 0. The first-order valence-electron chi connectivity index (χ1n) is 8.92. The number of nitrogens with zero attached hydrogens (tertiary/aromatic N) is 2. The summed E-state index contributed by atoms with van der Waals surface area (Å²) in [6.45, 7) is 0.108. The van der Waals surface area contributed by atoms with Gasteiger partial charge in [0, 0.05) is 10.6 Å². The van der Waals surface area contributed by atoms with Crippen LogP contribution in [0.3, 0.4) is 0 Å². The van der Waals surface area contributed by atoms with Gasteiger partial charge >= 0.3 is 6.03 Å². The van der Waals surface area contributed by atoms with Crippen molar-refractivity contribution in [2.75, 3.05) is 0 Å². The van der Waals surface area contributed by atoms with E-state index in [4.69, 9.17) is 16.0 Å². The predicted molar refractivity (Wildman–Crippen MR) is 96.5 cm³/mol. The van der Waals surface area contributed by atoms with Crippen LogP contribution < -0.4 is 5.32 Å². The number of carbonyl (C=O) groups is 2. The van der Waals surface area contributed by atoms with Crippen molar-refractivity contribution < 1.29 is 14.0 Å². The molecule has 1 saturated heterocycles. The number of hydrogen-bond acceptors (Lipinski definition) is 4. The highest BCUT2D eigenvalue weighted by Crippen LogP contribution is 2.33. The Labute approximate surface area is 156 Å². The zero-order valence-electron chi connectivity index (χ0n) is 14.3. The molecule has 0 atom stereocenters. The molecule has 0 radical (unpaired) electrons. The molecular formula is C19H20ClN3O3. The van der Waals surface area contributed by atoms with Gasteiger partial charge in [0.1, 0.15) is 11.8 Å². The second kappa shape index (κ2) is 6.76. The first-order chi connectivity index (χ1) is 12.6. The van der Waals surface area contributed by atoms with Gasteiger partial charge in [-0.3, -0.25) is 9.69 Å². The highest BCUT2D eigenvalue weighted by atomic mass is 35.5. The number of benzene rings is 1. The lowest BCUT2D eigenvalue weighted by Crippen LogP contribution is -2.46. The van der Waals surface area contributed by atoms with Gasteiger partial charge in [0.15, 0.2) is 0 Å². The third-order valence-corrected chi connectivity index (χ3v) is 5.38. The third-order valence-electron chi connectivity index (χ3n) is 5.15. The first kappa shape index (κ1) is 17.1. The number of hydrogen-bond donors (Lipinski definition) is 1. The van der Waals surface area contributed by atoms with Crippen LogP contribution in [0.25, 0.3) is 11.5 Å². The smallest absolute Gasteiger partial charge is 0.325 e. The Bertz CT molecular complexity index is 840.